The topological polar surface area (TPSA) is 120 Å². The van der Waals surface area contributed by atoms with Gasteiger partial charge >= 0.3 is 17.9 Å². The monoisotopic (exact) mass is 326 g/mol. The van der Waals surface area contributed by atoms with E-state index in [0.29, 0.717) is 13.1 Å². The molecule has 0 aromatic carbocycles. The maximum Gasteiger partial charge on any atom is 0.341 e. The van der Waals surface area contributed by atoms with Gasteiger partial charge in [0.05, 0.1) is 26.4 Å². The van der Waals surface area contributed by atoms with Crippen LogP contribution < -0.4 is 10.6 Å². The molecule has 1 amide bonds. The maximum atomic E-state index is 12.2. The fourth-order valence-corrected chi connectivity index (χ4v) is 1.80. The lowest BCUT2D eigenvalue weighted by Crippen LogP contribution is -2.44. The van der Waals surface area contributed by atoms with Crippen molar-refractivity contribution in [3.05, 3.63) is 22.9 Å². The summed E-state index contributed by atoms with van der Waals surface area (Å²) in [5.74, 6) is -3.40. The third-order valence-corrected chi connectivity index (χ3v) is 2.81. The first kappa shape index (κ1) is 18.2. The van der Waals surface area contributed by atoms with Gasteiger partial charge in [0, 0.05) is 19.2 Å². The van der Waals surface area contributed by atoms with E-state index in [9.17, 15) is 19.2 Å². The molecule has 1 rings (SSSR count). The molecule has 0 unspecified atom stereocenters. The van der Waals surface area contributed by atoms with Crippen molar-refractivity contribution in [2.75, 3.05) is 33.9 Å². The molecule has 2 N–H and O–H groups in total. The van der Waals surface area contributed by atoms with E-state index in [4.69, 9.17) is 4.74 Å². The maximum absolute atomic E-state index is 12.2. The standard InChI is InChI=1S/C14H18N2O7/c1-4-23-14(20)10(11-12(18)16-6-5-15-11)8(13(19)22-3)7-9(17)21-2/h7,15H,4-6H2,1-3H3,(H,16,18). The number of hydrogen-bond donors (Lipinski definition) is 2. The molecule has 9 heteroatoms. The van der Waals surface area contributed by atoms with E-state index in [0.717, 1.165) is 20.3 Å². The number of methoxy groups -OCH3 is 2. The van der Waals surface area contributed by atoms with Crippen molar-refractivity contribution in [1.29, 1.82) is 0 Å². The third-order valence-electron chi connectivity index (χ3n) is 2.81. The van der Waals surface area contributed by atoms with Crippen LogP contribution in [-0.2, 0) is 33.4 Å². The highest BCUT2D eigenvalue weighted by Crippen LogP contribution is 2.19. The molecule has 1 fully saturated rings. The highest BCUT2D eigenvalue weighted by atomic mass is 16.5. The van der Waals surface area contributed by atoms with Crippen LogP contribution >= 0.6 is 0 Å². The molecule has 0 aliphatic carbocycles. The molecule has 0 aromatic heterocycles. The summed E-state index contributed by atoms with van der Waals surface area (Å²) in [6.07, 6.45) is 0.772. The quantitative estimate of drug-likeness (QED) is 0.367. The van der Waals surface area contributed by atoms with Crippen molar-refractivity contribution >= 4 is 23.8 Å². The third kappa shape index (κ3) is 4.56. The summed E-state index contributed by atoms with van der Waals surface area (Å²) in [4.78, 5) is 47.7. The van der Waals surface area contributed by atoms with Gasteiger partial charge in [-0.15, -0.1) is 0 Å². The normalized spacial score (nSPS) is 16.7. The Morgan fingerprint density at radius 3 is 2.26 bits per heavy atom. The average molecular weight is 326 g/mol. The second-order valence-electron chi connectivity index (χ2n) is 4.23. The van der Waals surface area contributed by atoms with Gasteiger partial charge in [0.25, 0.3) is 5.91 Å². The summed E-state index contributed by atoms with van der Waals surface area (Å²) in [5.41, 5.74) is -0.992. The zero-order valence-electron chi connectivity index (χ0n) is 13.1. The molecule has 1 heterocycles. The number of nitrogens with one attached hydrogen (secondary N) is 2. The predicted octanol–water partition coefficient (Wildman–Crippen LogP) is -1.20. The molecule has 1 saturated heterocycles. The first-order valence-electron chi connectivity index (χ1n) is 6.78. The van der Waals surface area contributed by atoms with Crippen molar-refractivity contribution < 1.29 is 33.4 Å². The summed E-state index contributed by atoms with van der Waals surface area (Å²) in [5, 5.41) is 5.25. The highest BCUT2D eigenvalue weighted by Gasteiger charge is 2.31. The van der Waals surface area contributed by atoms with Crippen LogP contribution in [0, 0.1) is 0 Å². The smallest absolute Gasteiger partial charge is 0.341 e. The number of piperazine rings is 1. The average Bonchev–Trinajstić information content (AvgIpc) is 2.55. The van der Waals surface area contributed by atoms with E-state index >= 15 is 0 Å². The molecule has 0 aromatic rings. The van der Waals surface area contributed by atoms with Gasteiger partial charge in [0.15, 0.2) is 0 Å². The number of hydrogen-bond acceptors (Lipinski definition) is 8. The van der Waals surface area contributed by atoms with Crippen molar-refractivity contribution in [2.45, 2.75) is 6.92 Å². The molecular weight excluding hydrogens is 308 g/mol. The molecule has 1 aliphatic rings. The summed E-state index contributed by atoms with van der Waals surface area (Å²) in [7, 11) is 2.19. The Morgan fingerprint density at radius 1 is 1.09 bits per heavy atom. The second kappa shape index (κ2) is 8.57. The lowest BCUT2D eigenvalue weighted by molar-refractivity contribution is -0.141. The van der Waals surface area contributed by atoms with Crippen molar-refractivity contribution in [1.82, 2.24) is 10.6 Å². The molecule has 126 valence electrons. The second-order valence-corrected chi connectivity index (χ2v) is 4.23. The zero-order valence-corrected chi connectivity index (χ0v) is 13.1. The van der Waals surface area contributed by atoms with E-state index < -0.39 is 29.4 Å². The van der Waals surface area contributed by atoms with Crippen LogP contribution in [0.15, 0.2) is 22.9 Å². The summed E-state index contributed by atoms with van der Waals surface area (Å²) in [6.45, 7) is 2.28. The molecule has 0 radical (unpaired) electrons. The number of carbonyl (C=O) groups excluding carboxylic acids is 4. The number of amides is 1. The van der Waals surface area contributed by atoms with Crippen LogP contribution in [0.5, 0.6) is 0 Å². The Kier molecular flexibility index (Phi) is 6.78. The minimum atomic E-state index is -0.980. The minimum Gasteiger partial charge on any atom is -0.466 e. The summed E-state index contributed by atoms with van der Waals surface area (Å²) < 4.78 is 13.9. The largest absolute Gasteiger partial charge is 0.466 e. The van der Waals surface area contributed by atoms with Crippen molar-refractivity contribution in [3.63, 3.8) is 0 Å². The van der Waals surface area contributed by atoms with Gasteiger partial charge in [-0.05, 0) is 6.92 Å². The van der Waals surface area contributed by atoms with E-state index in [1.807, 2.05) is 0 Å². The Balaban J connectivity index is 3.51. The van der Waals surface area contributed by atoms with E-state index in [-0.39, 0.29) is 17.9 Å². The van der Waals surface area contributed by atoms with Gasteiger partial charge in [-0.1, -0.05) is 0 Å². The van der Waals surface area contributed by atoms with Gasteiger partial charge in [0.2, 0.25) is 0 Å². The van der Waals surface area contributed by atoms with Crippen LogP contribution in [0.4, 0.5) is 0 Å². The van der Waals surface area contributed by atoms with Gasteiger partial charge in [0.1, 0.15) is 11.3 Å². The lowest BCUT2D eigenvalue weighted by Gasteiger charge is -2.21. The minimum absolute atomic E-state index is 0.0178. The van der Waals surface area contributed by atoms with Crippen molar-refractivity contribution in [3.8, 4) is 0 Å². The fourth-order valence-electron chi connectivity index (χ4n) is 1.80. The molecule has 0 atom stereocenters. The summed E-state index contributed by atoms with van der Waals surface area (Å²) >= 11 is 0. The Bertz CT molecular complexity index is 578. The van der Waals surface area contributed by atoms with E-state index in [1.165, 1.54) is 0 Å². The van der Waals surface area contributed by atoms with Crippen LogP contribution in [0.2, 0.25) is 0 Å². The van der Waals surface area contributed by atoms with E-state index in [2.05, 4.69) is 20.1 Å². The van der Waals surface area contributed by atoms with Crippen LogP contribution in [0.3, 0.4) is 0 Å². The predicted molar refractivity (Wildman–Crippen MR) is 76.8 cm³/mol. The van der Waals surface area contributed by atoms with E-state index in [1.54, 1.807) is 6.92 Å². The van der Waals surface area contributed by atoms with Gasteiger partial charge < -0.3 is 24.8 Å². The first-order chi connectivity index (χ1) is 11.0. The number of carbonyl (C=O) groups is 4. The molecule has 23 heavy (non-hydrogen) atoms. The molecule has 0 saturated carbocycles. The van der Waals surface area contributed by atoms with Crippen LogP contribution in [-0.4, -0.2) is 57.7 Å². The molecule has 1 aliphatic heterocycles. The zero-order chi connectivity index (χ0) is 17.4. The molecular formula is C14H18N2O7. The van der Waals surface area contributed by atoms with Crippen LogP contribution in [0.25, 0.3) is 0 Å². The molecule has 0 spiro atoms. The van der Waals surface area contributed by atoms with Crippen LogP contribution in [0.1, 0.15) is 6.92 Å². The van der Waals surface area contributed by atoms with Gasteiger partial charge in [-0.2, -0.15) is 0 Å². The Morgan fingerprint density at radius 2 is 1.74 bits per heavy atom. The highest BCUT2D eigenvalue weighted by molar-refractivity contribution is 6.14. The number of ether oxygens (including phenoxy) is 3. The fraction of sp³-hybridized carbons (Fsp3) is 0.429. The van der Waals surface area contributed by atoms with Crippen molar-refractivity contribution in [2.24, 2.45) is 0 Å². The SMILES string of the molecule is CCOC(=O)C(C(=CC(=O)OC)C(=O)OC)=C1NCCNC1=O. The Labute approximate surface area is 132 Å². The van der Waals surface area contributed by atoms with Gasteiger partial charge in [-0.3, -0.25) is 4.79 Å². The molecule has 9 nitrogen and oxygen atoms in total. The summed E-state index contributed by atoms with van der Waals surface area (Å²) in [6, 6.07) is 0. The Hall–Kier alpha value is -2.84. The lowest BCUT2D eigenvalue weighted by atomic mass is 10.0. The number of esters is 3. The van der Waals surface area contributed by atoms with Gasteiger partial charge in [-0.25, -0.2) is 14.4 Å². The molecule has 0 bridgehead atoms. The first-order valence-corrected chi connectivity index (χ1v) is 6.78. The number of rotatable bonds is 5.